The number of aromatic nitrogens is 3. The van der Waals surface area contributed by atoms with Crippen LogP contribution < -0.4 is 5.32 Å². The molecule has 160 valence electrons. The van der Waals surface area contributed by atoms with E-state index in [9.17, 15) is 10.1 Å². The average Bonchev–Trinajstić information content (AvgIpc) is 3.15. The predicted molar refractivity (Wildman–Crippen MR) is 124 cm³/mol. The molecular weight excluding hydrogens is 430 g/mol. The number of carbonyl (C=O) groups excluding carboxylic acids is 1. The highest BCUT2D eigenvalue weighted by atomic mass is 35.5. The first-order valence-corrected chi connectivity index (χ1v) is 11.3. The predicted octanol–water partition coefficient (Wildman–Crippen LogP) is 4.79. The monoisotopic (exact) mass is 453 g/mol. The third-order valence-corrected chi connectivity index (χ3v) is 6.43. The summed E-state index contributed by atoms with van der Waals surface area (Å²) in [5, 5.41) is 22.2. The van der Waals surface area contributed by atoms with Crippen molar-refractivity contribution in [2.24, 2.45) is 5.92 Å². The molecule has 1 amide bonds. The highest BCUT2D eigenvalue weighted by Crippen LogP contribution is 2.30. The topological polar surface area (TPSA) is 83.6 Å². The third kappa shape index (κ3) is 5.46. The molecule has 1 N–H and O–H groups in total. The number of rotatable bonds is 8. The van der Waals surface area contributed by atoms with Gasteiger partial charge in [-0.3, -0.25) is 9.36 Å². The number of hydrogen-bond acceptors (Lipinski definition) is 5. The van der Waals surface area contributed by atoms with Gasteiger partial charge in [0.15, 0.2) is 11.0 Å². The van der Waals surface area contributed by atoms with Crippen molar-refractivity contribution in [3.05, 3.63) is 65.2 Å². The number of benzene rings is 2. The lowest BCUT2D eigenvalue weighted by Gasteiger charge is -2.27. The molecule has 8 heteroatoms. The van der Waals surface area contributed by atoms with Gasteiger partial charge < -0.3 is 5.32 Å². The molecule has 1 heterocycles. The first-order chi connectivity index (χ1) is 14.8. The van der Waals surface area contributed by atoms with Crippen molar-refractivity contribution in [3.63, 3.8) is 0 Å². The van der Waals surface area contributed by atoms with Crippen LogP contribution in [0.1, 0.15) is 26.3 Å². The maximum absolute atomic E-state index is 12.5. The molecule has 3 rings (SSSR count). The zero-order chi connectivity index (χ0) is 22.4. The third-order valence-electron chi connectivity index (χ3n) is 5.13. The second-order valence-corrected chi connectivity index (χ2v) is 9.01. The lowest BCUT2D eigenvalue weighted by Crippen LogP contribution is -2.49. The van der Waals surface area contributed by atoms with Gasteiger partial charge in [0.1, 0.15) is 5.54 Å². The maximum Gasteiger partial charge on any atom is 0.231 e. The van der Waals surface area contributed by atoms with Gasteiger partial charge in [0, 0.05) is 5.56 Å². The first-order valence-electron chi connectivity index (χ1n) is 9.91. The van der Waals surface area contributed by atoms with E-state index in [-0.39, 0.29) is 17.6 Å². The molecule has 0 saturated carbocycles. The Balaban J connectivity index is 1.86. The highest BCUT2D eigenvalue weighted by molar-refractivity contribution is 7.99. The Morgan fingerprint density at radius 2 is 1.87 bits per heavy atom. The van der Waals surface area contributed by atoms with Crippen LogP contribution >= 0.6 is 23.4 Å². The van der Waals surface area contributed by atoms with E-state index in [1.807, 2.05) is 73.0 Å². The summed E-state index contributed by atoms with van der Waals surface area (Å²) < 4.78 is 1.96. The Bertz CT molecular complexity index is 1090. The molecular formula is C23H24ClN5OS. The van der Waals surface area contributed by atoms with Crippen LogP contribution in [0.5, 0.6) is 0 Å². The number of nitrogens with one attached hydrogen (secondary N) is 1. The maximum atomic E-state index is 12.5. The first kappa shape index (κ1) is 22.9. The summed E-state index contributed by atoms with van der Waals surface area (Å²) in [6, 6.07) is 19.6. The number of amides is 1. The number of thioether (sulfide) groups is 1. The van der Waals surface area contributed by atoms with E-state index in [1.165, 1.54) is 11.8 Å². The molecule has 0 aliphatic carbocycles. The molecule has 0 aliphatic heterocycles. The van der Waals surface area contributed by atoms with Crippen molar-refractivity contribution in [1.29, 1.82) is 5.26 Å². The molecule has 0 fully saturated rings. The largest absolute Gasteiger partial charge is 0.337 e. The second-order valence-electron chi connectivity index (χ2n) is 7.66. The van der Waals surface area contributed by atoms with Crippen LogP contribution in [-0.4, -0.2) is 32.0 Å². The molecule has 6 nitrogen and oxygen atoms in total. The van der Waals surface area contributed by atoms with Gasteiger partial charge in [-0.05, 0) is 30.5 Å². The van der Waals surface area contributed by atoms with Crippen molar-refractivity contribution >= 4 is 29.3 Å². The Morgan fingerprint density at radius 1 is 1.19 bits per heavy atom. The number of halogens is 1. The van der Waals surface area contributed by atoms with Crippen LogP contribution in [0.4, 0.5) is 0 Å². The number of hydrogen-bond donors (Lipinski definition) is 1. The van der Waals surface area contributed by atoms with E-state index in [0.29, 0.717) is 22.5 Å². The fourth-order valence-electron chi connectivity index (χ4n) is 2.90. The van der Waals surface area contributed by atoms with Crippen molar-refractivity contribution in [2.75, 3.05) is 5.75 Å². The van der Waals surface area contributed by atoms with Crippen molar-refractivity contribution in [2.45, 2.75) is 38.0 Å². The van der Waals surface area contributed by atoms with Gasteiger partial charge in [-0.1, -0.05) is 79.7 Å². The average molecular weight is 454 g/mol. The Hall–Kier alpha value is -2.82. The molecule has 1 atom stereocenters. The number of nitriles is 1. The van der Waals surface area contributed by atoms with Gasteiger partial charge in [-0.2, -0.15) is 5.26 Å². The zero-order valence-electron chi connectivity index (χ0n) is 17.7. The Labute approximate surface area is 191 Å². The van der Waals surface area contributed by atoms with E-state index >= 15 is 0 Å². The SMILES string of the molecule is CC(C)[C@](C)(C#N)NC(=O)CSc1nnc(-c2ccccc2Cl)n1Cc1ccccc1. The molecule has 31 heavy (non-hydrogen) atoms. The number of carbonyl (C=O) groups is 1. The van der Waals surface area contributed by atoms with Gasteiger partial charge in [0.05, 0.1) is 23.4 Å². The van der Waals surface area contributed by atoms with Gasteiger partial charge in [-0.15, -0.1) is 10.2 Å². The standard InChI is InChI=1S/C23H24ClN5OS/c1-16(2)23(3,15-25)26-20(30)14-31-22-28-27-21(18-11-7-8-12-19(18)24)29(22)13-17-9-5-4-6-10-17/h4-12,16H,13-14H2,1-3H3,(H,26,30)/t23-/m0/s1. The Morgan fingerprint density at radius 3 is 2.52 bits per heavy atom. The van der Waals surface area contributed by atoms with Crippen LogP contribution in [0.25, 0.3) is 11.4 Å². The summed E-state index contributed by atoms with van der Waals surface area (Å²) in [5.41, 5.74) is 0.942. The summed E-state index contributed by atoms with van der Waals surface area (Å²) in [6.07, 6.45) is 0. The van der Waals surface area contributed by atoms with E-state index in [1.54, 1.807) is 6.92 Å². The fourth-order valence-corrected chi connectivity index (χ4v) is 3.86. The molecule has 0 bridgehead atoms. The lowest BCUT2D eigenvalue weighted by molar-refractivity contribution is -0.120. The molecule has 3 aromatic rings. The number of nitrogens with zero attached hydrogens (tertiary/aromatic N) is 4. The molecule has 0 aliphatic rings. The highest BCUT2D eigenvalue weighted by Gasteiger charge is 2.30. The van der Waals surface area contributed by atoms with Gasteiger partial charge in [0.25, 0.3) is 0 Å². The summed E-state index contributed by atoms with van der Waals surface area (Å²) in [7, 11) is 0. The van der Waals surface area contributed by atoms with E-state index in [2.05, 4.69) is 21.6 Å². The van der Waals surface area contributed by atoms with E-state index < -0.39 is 5.54 Å². The van der Waals surface area contributed by atoms with E-state index in [4.69, 9.17) is 11.6 Å². The Kier molecular flexibility index (Phi) is 7.37. The van der Waals surface area contributed by atoms with Crippen molar-refractivity contribution in [3.8, 4) is 17.5 Å². The van der Waals surface area contributed by atoms with Crippen molar-refractivity contribution < 1.29 is 4.79 Å². The molecule has 0 radical (unpaired) electrons. The summed E-state index contributed by atoms with van der Waals surface area (Å²) in [6.45, 7) is 6.08. The van der Waals surface area contributed by atoms with E-state index in [0.717, 1.165) is 11.1 Å². The van der Waals surface area contributed by atoms with Gasteiger partial charge >= 0.3 is 0 Å². The van der Waals surface area contributed by atoms with Crippen LogP contribution in [-0.2, 0) is 11.3 Å². The minimum absolute atomic E-state index is 0.0139. The molecule has 1 aromatic heterocycles. The smallest absolute Gasteiger partial charge is 0.231 e. The van der Waals surface area contributed by atoms with Crippen LogP contribution in [0.15, 0.2) is 59.8 Å². The fraction of sp³-hybridized carbons (Fsp3) is 0.304. The minimum atomic E-state index is -0.919. The van der Waals surface area contributed by atoms with Crippen LogP contribution in [0.3, 0.4) is 0 Å². The lowest BCUT2D eigenvalue weighted by atomic mass is 9.90. The summed E-state index contributed by atoms with van der Waals surface area (Å²) in [4.78, 5) is 12.5. The summed E-state index contributed by atoms with van der Waals surface area (Å²) >= 11 is 7.69. The van der Waals surface area contributed by atoms with Gasteiger partial charge in [0.2, 0.25) is 5.91 Å². The normalized spacial score (nSPS) is 12.9. The summed E-state index contributed by atoms with van der Waals surface area (Å²) in [5.74, 6) is 0.525. The van der Waals surface area contributed by atoms with Crippen molar-refractivity contribution in [1.82, 2.24) is 20.1 Å². The minimum Gasteiger partial charge on any atom is -0.337 e. The molecule has 2 aromatic carbocycles. The molecule has 0 unspecified atom stereocenters. The molecule has 0 saturated heterocycles. The second kappa shape index (κ2) is 9.99. The van der Waals surface area contributed by atoms with Crippen LogP contribution in [0, 0.1) is 17.2 Å². The zero-order valence-corrected chi connectivity index (χ0v) is 19.2. The van der Waals surface area contributed by atoms with Crippen LogP contribution in [0.2, 0.25) is 5.02 Å². The quantitative estimate of drug-likeness (QED) is 0.495. The van der Waals surface area contributed by atoms with Gasteiger partial charge in [-0.25, -0.2) is 0 Å². The molecule has 0 spiro atoms.